The lowest BCUT2D eigenvalue weighted by atomic mass is 10.0. The zero-order valence-corrected chi connectivity index (χ0v) is 14.5. The smallest absolute Gasteiger partial charge is 0.251 e. The summed E-state index contributed by atoms with van der Waals surface area (Å²) in [5.74, 6) is -0.136. The lowest BCUT2D eigenvalue weighted by molar-refractivity contribution is 0.0449. The van der Waals surface area contributed by atoms with E-state index in [2.05, 4.69) is 5.32 Å². The van der Waals surface area contributed by atoms with E-state index in [1.165, 1.54) is 4.31 Å². The first kappa shape index (κ1) is 17.2. The molecule has 1 aliphatic heterocycles. The number of nitrogens with one attached hydrogen (secondary N) is 1. The molecule has 0 atom stereocenters. The molecule has 1 saturated heterocycles. The molecule has 0 unspecified atom stereocenters. The van der Waals surface area contributed by atoms with E-state index < -0.39 is 15.6 Å². The predicted molar refractivity (Wildman–Crippen MR) is 92.6 cm³/mol. The van der Waals surface area contributed by atoms with Gasteiger partial charge in [-0.05, 0) is 43.9 Å². The molecule has 1 heterocycles. The summed E-state index contributed by atoms with van der Waals surface area (Å²) in [6.45, 7) is 0.686. The number of aliphatic hydroxyl groups is 1. The Labute approximate surface area is 142 Å². The van der Waals surface area contributed by atoms with Gasteiger partial charge in [0, 0.05) is 18.7 Å². The van der Waals surface area contributed by atoms with Crippen molar-refractivity contribution >= 4 is 21.6 Å². The van der Waals surface area contributed by atoms with Gasteiger partial charge < -0.3 is 10.4 Å². The van der Waals surface area contributed by atoms with Gasteiger partial charge in [0.2, 0.25) is 10.0 Å². The van der Waals surface area contributed by atoms with Crippen molar-refractivity contribution in [2.45, 2.75) is 44.1 Å². The zero-order valence-electron chi connectivity index (χ0n) is 13.7. The maximum atomic E-state index is 12.3. The van der Waals surface area contributed by atoms with Gasteiger partial charge in [-0.1, -0.05) is 18.9 Å². The average molecular weight is 352 g/mol. The molecule has 1 saturated carbocycles. The Morgan fingerprint density at radius 2 is 1.96 bits per heavy atom. The first-order valence-corrected chi connectivity index (χ1v) is 10.1. The summed E-state index contributed by atoms with van der Waals surface area (Å²) >= 11 is 0. The Hall–Kier alpha value is -1.60. The Morgan fingerprint density at radius 3 is 2.67 bits per heavy atom. The SMILES string of the molecule is O=C(NCC1(O)CCCC1)c1cccc(N2CCCCS2(=O)=O)c1. The van der Waals surface area contributed by atoms with Crippen LogP contribution in [0.15, 0.2) is 24.3 Å². The van der Waals surface area contributed by atoms with E-state index in [9.17, 15) is 18.3 Å². The Balaban J connectivity index is 1.71. The highest BCUT2D eigenvalue weighted by atomic mass is 32.2. The number of carbonyl (C=O) groups excluding carboxylic acids is 1. The first-order chi connectivity index (χ1) is 11.4. The number of carbonyl (C=O) groups is 1. The van der Waals surface area contributed by atoms with E-state index in [1.807, 2.05) is 0 Å². The second kappa shape index (κ2) is 6.72. The molecule has 3 rings (SSSR count). The highest BCUT2D eigenvalue weighted by Crippen LogP contribution is 2.29. The lowest BCUT2D eigenvalue weighted by Crippen LogP contribution is -2.41. The number of hydrogen-bond acceptors (Lipinski definition) is 4. The summed E-state index contributed by atoms with van der Waals surface area (Å²) in [6, 6.07) is 6.67. The Bertz CT molecular complexity index is 711. The van der Waals surface area contributed by atoms with E-state index in [0.717, 1.165) is 19.3 Å². The molecule has 2 N–H and O–H groups in total. The highest BCUT2D eigenvalue weighted by molar-refractivity contribution is 7.92. The second-order valence-corrected chi connectivity index (χ2v) is 8.77. The Morgan fingerprint density at radius 1 is 1.21 bits per heavy atom. The standard InChI is InChI=1S/C17H24N2O4S/c20-16(18-13-17(21)8-1-2-9-17)14-6-5-7-15(12-14)19-10-3-4-11-24(19,22)23/h5-7,12,21H,1-4,8-11,13H2,(H,18,20). The number of benzene rings is 1. The summed E-state index contributed by atoms with van der Waals surface area (Å²) in [7, 11) is -3.29. The minimum Gasteiger partial charge on any atom is -0.388 e. The summed E-state index contributed by atoms with van der Waals surface area (Å²) in [5.41, 5.74) is 0.139. The molecule has 0 aromatic heterocycles. The fraction of sp³-hybridized carbons (Fsp3) is 0.588. The molecule has 0 spiro atoms. The van der Waals surface area contributed by atoms with Gasteiger partial charge in [0.1, 0.15) is 0 Å². The minimum absolute atomic E-state index is 0.149. The molecule has 1 aromatic carbocycles. The number of amides is 1. The van der Waals surface area contributed by atoms with Crippen LogP contribution in [0.3, 0.4) is 0 Å². The van der Waals surface area contributed by atoms with E-state index >= 15 is 0 Å². The van der Waals surface area contributed by atoms with Crippen molar-refractivity contribution in [2.24, 2.45) is 0 Å². The molecule has 132 valence electrons. The van der Waals surface area contributed by atoms with E-state index in [0.29, 0.717) is 37.1 Å². The van der Waals surface area contributed by atoms with Crippen LogP contribution < -0.4 is 9.62 Å². The third-order valence-corrected chi connectivity index (χ3v) is 6.73. The molecular weight excluding hydrogens is 328 g/mol. The van der Waals surface area contributed by atoms with E-state index in [1.54, 1.807) is 24.3 Å². The fourth-order valence-corrected chi connectivity index (χ4v) is 5.07. The van der Waals surface area contributed by atoms with Crippen LogP contribution in [0, 0.1) is 0 Å². The predicted octanol–water partition coefficient (Wildman–Crippen LogP) is 1.65. The van der Waals surface area contributed by atoms with Crippen molar-refractivity contribution in [1.82, 2.24) is 5.32 Å². The van der Waals surface area contributed by atoms with Crippen molar-refractivity contribution < 1.29 is 18.3 Å². The van der Waals surface area contributed by atoms with Gasteiger partial charge in [-0.15, -0.1) is 0 Å². The van der Waals surface area contributed by atoms with Crippen molar-refractivity contribution in [3.63, 3.8) is 0 Å². The monoisotopic (exact) mass is 352 g/mol. The van der Waals surface area contributed by atoms with E-state index in [-0.39, 0.29) is 18.2 Å². The van der Waals surface area contributed by atoms with Crippen LogP contribution in [-0.4, -0.2) is 43.9 Å². The molecule has 2 fully saturated rings. The van der Waals surface area contributed by atoms with Crippen molar-refractivity contribution in [1.29, 1.82) is 0 Å². The van der Waals surface area contributed by atoms with Gasteiger partial charge >= 0.3 is 0 Å². The maximum Gasteiger partial charge on any atom is 0.251 e. The van der Waals surface area contributed by atoms with Gasteiger partial charge in [-0.25, -0.2) is 8.42 Å². The largest absolute Gasteiger partial charge is 0.388 e. The van der Waals surface area contributed by atoms with Gasteiger partial charge in [0.15, 0.2) is 0 Å². The molecule has 0 radical (unpaired) electrons. The summed E-state index contributed by atoms with van der Waals surface area (Å²) < 4.78 is 25.8. The van der Waals surface area contributed by atoms with Gasteiger partial charge in [-0.2, -0.15) is 0 Å². The molecule has 7 heteroatoms. The van der Waals surface area contributed by atoms with Crippen LogP contribution >= 0.6 is 0 Å². The van der Waals surface area contributed by atoms with Gasteiger partial charge in [-0.3, -0.25) is 9.10 Å². The number of hydrogen-bond donors (Lipinski definition) is 2. The molecule has 6 nitrogen and oxygen atoms in total. The van der Waals surface area contributed by atoms with Crippen LogP contribution in [-0.2, 0) is 10.0 Å². The molecule has 2 aliphatic rings. The topological polar surface area (TPSA) is 86.7 Å². The fourth-order valence-electron chi connectivity index (χ4n) is 3.44. The maximum absolute atomic E-state index is 12.3. The first-order valence-electron chi connectivity index (χ1n) is 8.51. The van der Waals surface area contributed by atoms with Crippen LogP contribution in [0.2, 0.25) is 0 Å². The minimum atomic E-state index is -3.29. The van der Waals surface area contributed by atoms with Crippen LogP contribution in [0.4, 0.5) is 5.69 Å². The number of anilines is 1. The molecule has 0 bridgehead atoms. The third-order valence-electron chi connectivity index (χ3n) is 4.86. The summed E-state index contributed by atoms with van der Waals surface area (Å²) in [4.78, 5) is 12.3. The highest BCUT2D eigenvalue weighted by Gasteiger charge is 2.31. The quantitative estimate of drug-likeness (QED) is 0.863. The second-order valence-electron chi connectivity index (χ2n) is 6.76. The number of rotatable bonds is 4. The normalized spacial score (nSPS) is 22.3. The lowest BCUT2D eigenvalue weighted by Gasteiger charge is -2.28. The number of nitrogens with zero attached hydrogens (tertiary/aromatic N) is 1. The molecule has 1 amide bonds. The van der Waals surface area contributed by atoms with Crippen molar-refractivity contribution in [2.75, 3.05) is 23.1 Å². The van der Waals surface area contributed by atoms with Gasteiger partial charge in [0.05, 0.1) is 17.0 Å². The Kier molecular flexibility index (Phi) is 4.83. The molecule has 24 heavy (non-hydrogen) atoms. The zero-order chi connectivity index (χ0) is 17.2. The molecular formula is C17H24N2O4S. The molecule has 1 aliphatic carbocycles. The molecule has 1 aromatic rings. The summed E-state index contributed by atoms with van der Waals surface area (Å²) in [5, 5.41) is 13.1. The third kappa shape index (κ3) is 3.72. The van der Waals surface area contributed by atoms with Gasteiger partial charge in [0.25, 0.3) is 5.91 Å². The van der Waals surface area contributed by atoms with Crippen LogP contribution in [0.5, 0.6) is 0 Å². The van der Waals surface area contributed by atoms with Crippen LogP contribution in [0.25, 0.3) is 0 Å². The van der Waals surface area contributed by atoms with Crippen LogP contribution in [0.1, 0.15) is 48.9 Å². The summed E-state index contributed by atoms with van der Waals surface area (Å²) in [6.07, 6.45) is 4.88. The van der Waals surface area contributed by atoms with Crippen molar-refractivity contribution in [3.8, 4) is 0 Å². The number of sulfonamides is 1. The van der Waals surface area contributed by atoms with E-state index in [4.69, 9.17) is 0 Å². The average Bonchev–Trinajstić information content (AvgIpc) is 2.99. The van der Waals surface area contributed by atoms with Crippen molar-refractivity contribution in [3.05, 3.63) is 29.8 Å².